The minimum atomic E-state index is -3.54. The lowest BCUT2D eigenvalue weighted by molar-refractivity contribution is -0.118. The Labute approximate surface area is 162 Å². The van der Waals surface area contributed by atoms with Gasteiger partial charge in [0.1, 0.15) is 5.75 Å². The fourth-order valence-electron chi connectivity index (χ4n) is 2.06. The molecule has 26 heavy (non-hydrogen) atoms. The zero-order valence-corrected chi connectivity index (χ0v) is 17.2. The molecule has 2 aromatic carbocycles. The molecule has 140 valence electrons. The SMILES string of the molecule is CC(C)N(C)S(=O)(=O)c1ccc(NC(=O)COc2ccccc2Br)cc1. The molecule has 8 heteroatoms. The minimum Gasteiger partial charge on any atom is -0.483 e. The molecule has 0 aliphatic heterocycles. The Morgan fingerprint density at radius 1 is 1.15 bits per heavy atom. The predicted molar refractivity (Wildman–Crippen MR) is 105 cm³/mol. The molecule has 0 aliphatic rings. The van der Waals surface area contributed by atoms with E-state index in [2.05, 4.69) is 21.2 Å². The number of hydrogen-bond donors (Lipinski definition) is 1. The lowest BCUT2D eigenvalue weighted by Crippen LogP contribution is -2.33. The summed E-state index contributed by atoms with van der Waals surface area (Å²) in [5, 5.41) is 2.67. The molecule has 0 spiro atoms. The van der Waals surface area contributed by atoms with Crippen molar-refractivity contribution >= 4 is 37.5 Å². The second kappa shape index (κ2) is 8.66. The largest absolute Gasteiger partial charge is 0.483 e. The van der Waals surface area contributed by atoms with Crippen LogP contribution >= 0.6 is 15.9 Å². The molecule has 1 amide bonds. The molecule has 0 radical (unpaired) electrons. The van der Waals surface area contributed by atoms with E-state index in [4.69, 9.17) is 4.74 Å². The quantitative estimate of drug-likeness (QED) is 0.714. The number of benzene rings is 2. The van der Waals surface area contributed by atoms with Crippen molar-refractivity contribution in [3.05, 3.63) is 53.0 Å². The van der Waals surface area contributed by atoms with E-state index in [0.29, 0.717) is 11.4 Å². The van der Waals surface area contributed by atoms with Gasteiger partial charge in [-0.25, -0.2) is 8.42 Å². The monoisotopic (exact) mass is 440 g/mol. The molecule has 0 saturated carbocycles. The first-order valence-electron chi connectivity index (χ1n) is 7.97. The standard InChI is InChI=1S/C18H21BrN2O4S/c1-13(2)21(3)26(23,24)15-10-8-14(9-11-15)20-18(22)12-25-17-7-5-4-6-16(17)19/h4-11,13H,12H2,1-3H3,(H,20,22). The van der Waals surface area contributed by atoms with Crippen LogP contribution in [0.15, 0.2) is 57.9 Å². The maximum absolute atomic E-state index is 12.4. The van der Waals surface area contributed by atoms with Crippen LogP contribution in [0.3, 0.4) is 0 Å². The van der Waals surface area contributed by atoms with Gasteiger partial charge in [-0.2, -0.15) is 4.31 Å². The summed E-state index contributed by atoms with van der Waals surface area (Å²) in [4.78, 5) is 12.2. The number of anilines is 1. The van der Waals surface area contributed by atoms with Crippen molar-refractivity contribution in [1.82, 2.24) is 4.31 Å². The topological polar surface area (TPSA) is 75.7 Å². The van der Waals surface area contributed by atoms with Crippen LogP contribution in [-0.2, 0) is 14.8 Å². The maximum atomic E-state index is 12.4. The third kappa shape index (κ3) is 5.06. The first kappa shape index (κ1) is 20.4. The number of carbonyl (C=O) groups excluding carboxylic acids is 1. The third-order valence-corrected chi connectivity index (χ3v) is 6.44. The number of sulfonamides is 1. The van der Waals surface area contributed by atoms with Gasteiger partial charge < -0.3 is 10.1 Å². The fourth-order valence-corrected chi connectivity index (χ4v) is 3.82. The van der Waals surface area contributed by atoms with Crippen molar-refractivity contribution in [3.8, 4) is 5.75 Å². The van der Waals surface area contributed by atoms with Crippen molar-refractivity contribution in [2.45, 2.75) is 24.8 Å². The lowest BCUT2D eigenvalue weighted by Gasteiger charge is -2.21. The van der Waals surface area contributed by atoms with Crippen LogP contribution in [0.4, 0.5) is 5.69 Å². The van der Waals surface area contributed by atoms with Gasteiger partial charge in [-0.15, -0.1) is 0 Å². The second-order valence-electron chi connectivity index (χ2n) is 5.91. The van der Waals surface area contributed by atoms with Crippen LogP contribution in [0, 0.1) is 0 Å². The van der Waals surface area contributed by atoms with E-state index in [1.54, 1.807) is 32.0 Å². The van der Waals surface area contributed by atoms with E-state index in [9.17, 15) is 13.2 Å². The lowest BCUT2D eigenvalue weighted by atomic mass is 10.3. The molecule has 0 heterocycles. The molecule has 0 bridgehead atoms. The summed E-state index contributed by atoms with van der Waals surface area (Å²) in [6.45, 7) is 3.45. The highest BCUT2D eigenvalue weighted by Gasteiger charge is 2.22. The van der Waals surface area contributed by atoms with Gasteiger partial charge >= 0.3 is 0 Å². The van der Waals surface area contributed by atoms with E-state index < -0.39 is 10.0 Å². The number of rotatable bonds is 7. The highest BCUT2D eigenvalue weighted by Crippen LogP contribution is 2.24. The van der Waals surface area contributed by atoms with E-state index in [0.717, 1.165) is 4.47 Å². The molecular weight excluding hydrogens is 420 g/mol. The third-order valence-electron chi connectivity index (χ3n) is 3.74. The highest BCUT2D eigenvalue weighted by molar-refractivity contribution is 9.10. The maximum Gasteiger partial charge on any atom is 0.262 e. The smallest absolute Gasteiger partial charge is 0.262 e. The van der Waals surface area contributed by atoms with Gasteiger partial charge in [-0.1, -0.05) is 12.1 Å². The minimum absolute atomic E-state index is 0.145. The van der Waals surface area contributed by atoms with Gasteiger partial charge in [0.15, 0.2) is 6.61 Å². The molecular formula is C18H21BrN2O4S. The van der Waals surface area contributed by atoms with Crippen LogP contribution in [0.1, 0.15) is 13.8 Å². The molecule has 0 aliphatic carbocycles. The number of carbonyl (C=O) groups is 1. The average Bonchev–Trinajstić information content (AvgIpc) is 2.60. The Morgan fingerprint density at radius 3 is 2.35 bits per heavy atom. The first-order chi connectivity index (χ1) is 12.2. The molecule has 0 fully saturated rings. The molecule has 0 atom stereocenters. The van der Waals surface area contributed by atoms with Crippen molar-refractivity contribution in [1.29, 1.82) is 0 Å². The number of nitrogens with zero attached hydrogens (tertiary/aromatic N) is 1. The molecule has 0 unspecified atom stereocenters. The van der Waals surface area contributed by atoms with Gasteiger partial charge in [0.05, 0.1) is 9.37 Å². The van der Waals surface area contributed by atoms with E-state index in [-0.39, 0.29) is 23.5 Å². The van der Waals surface area contributed by atoms with Crippen molar-refractivity contribution < 1.29 is 17.9 Å². The summed E-state index contributed by atoms with van der Waals surface area (Å²) < 4.78 is 32.3. The van der Waals surface area contributed by atoms with Crippen molar-refractivity contribution in [2.24, 2.45) is 0 Å². The van der Waals surface area contributed by atoms with Crippen LogP contribution in [0.2, 0.25) is 0 Å². The molecule has 6 nitrogen and oxygen atoms in total. The number of hydrogen-bond acceptors (Lipinski definition) is 4. The van der Waals surface area contributed by atoms with Gasteiger partial charge in [0.25, 0.3) is 5.91 Å². The normalized spacial score (nSPS) is 11.6. The van der Waals surface area contributed by atoms with E-state index >= 15 is 0 Å². The Hall–Kier alpha value is -1.90. The van der Waals surface area contributed by atoms with E-state index in [1.165, 1.54) is 23.5 Å². The van der Waals surface area contributed by atoms with Crippen LogP contribution in [-0.4, -0.2) is 38.3 Å². The number of ether oxygens (including phenoxy) is 1. The summed E-state index contributed by atoms with van der Waals surface area (Å²) >= 11 is 3.34. The molecule has 1 N–H and O–H groups in total. The van der Waals surface area contributed by atoms with Crippen molar-refractivity contribution in [2.75, 3.05) is 19.0 Å². The van der Waals surface area contributed by atoms with Crippen LogP contribution < -0.4 is 10.1 Å². The van der Waals surface area contributed by atoms with Gasteiger partial charge in [-0.3, -0.25) is 4.79 Å². The summed E-state index contributed by atoms with van der Waals surface area (Å²) in [5.74, 6) is 0.233. The Balaban J connectivity index is 1.98. The predicted octanol–water partition coefficient (Wildman–Crippen LogP) is 3.50. The van der Waals surface area contributed by atoms with Gasteiger partial charge in [0, 0.05) is 18.8 Å². The number of nitrogens with one attached hydrogen (secondary N) is 1. The van der Waals surface area contributed by atoms with E-state index in [1.807, 2.05) is 18.2 Å². The Bertz CT molecular complexity index is 867. The summed E-state index contributed by atoms with van der Waals surface area (Å²) in [5.41, 5.74) is 0.497. The van der Waals surface area contributed by atoms with Crippen LogP contribution in [0.5, 0.6) is 5.75 Å². The van der Waals surface area contributed by atoms with Gasteiger partial charge in [-0.05, 0) is 66.2 Å². The molecule has 2 rings (SSSR count). The van der Waals surface area contributed by atoms with Crippen LogP contribution in [0.25, 0.3) is 0 Å². The number of halogens is 1. The summed E-state index contributed by atoms with van der Waals surface area (Å²) in [6.07, 6.45) is 0. The van der Waals surface area contributed by atoms with Gasteiger partial charge in [0.2, 0.25) is 10.0 Å². The zero-order valence-electron chi connectivity index (χ0n) is 14.8. The second-order valence-corrected chi connectivity index (χ2v) is 8.76. The highest BCUT2D eigenvalue weighted by atomic mass is 79.9. The number of amides is 1. The summed E-state index contributed by atoms with van der Waals surface area (Å²) in [6, 6.07) is 13.1. The molecule has 0 aromatic heterocycles. The Kier molecular flexibility index (Phi) is 6.80. The fraction of sp³-hybridized carbons (Fsp3) is 0.278. The van der Waals surface area contributed by atoms with Crippen molar-refractivity contribution in [3.63, 3.8) is 0 Å². The molecule has 0 saturated heterocycles. The first-order valence-corrected chi connectivity index (χ1v) is 10.2. The number of para-hydroxylation sites is 1. The average molecular weight is 441 g/mol. The zero-order chi connectivity index (χ0) is 19.3. The molecule has 2 aromatic rings. The Morgan fingerprint density at radius 2 is 1.77 bits per heavy atom. The summed E-state index contributed by atoms with van der Waals surface area (Å²) in [7, 11) is -2.01.